The van der Waals surface area contributed by atoms with Crippen LogP contribution in [-0.4, -0.2) is 33.8 Å². The summed E-state index contributed by atoms with van der Waals surface area (Å²) in [5.74, 6) is -3.10. The number of hydrogen-bond donors (Lipinski definition) is 3. The van der Waals surface area contributed by atoms with Crippen LogP contribution in [0.1, 0.15) is 17.3 Å². The molecule has 1 atom stereocenters. The molecule has 0 spiro atoms. The number of carboxylic acid groups (broad SMARTS) is 1. The van der Waals surface area contributed by atoms with Gasteiger partial charge in [0.1, 0.15) is 11.4 Å². The zero-order valence-electron chi connectivity index (χ0n) is 10.8. The van der Waals surface area contributed by atoms with E-state index < -0.39 is 28.1 Å². The molecule has 2 aromatic rings. The maximum Gasteiger partial charge on any atom is 0.339 e. The number of anilines is 1. The zero-order chi connectivity index (χ0) is 15.7. The molecule has 3 N–H and O–H groups in total. The van der Waals surface area contributed by atoms with Crippen LogP contribution in [0.25, 0.3) is 10.9 Å². The minimum atomic E-state index is -1.31. The van der Waals surface area contributed by atoms with E-state index in [1.54, 1.807) is 6.92 Å². The van der Waals surface area contributed by atoms with Gasteiger partial charge in [0.05, 0.1) is 27.7 Å². The van der Waals surface area contributed by atoms with Crippen LogP contribution in [0, 0.1) is 11.6 Å². The Morgan fingerprint density at radius 3 is 2.76 bits per heavy atom. The molecule has 0 aliphatic rings. The number of halogens is 3. The van der Waals surface area contributed by atoms with Crippen molar-refractivity contribution in [1.29, 1.82) is 0 Å². The van der Waals surface area contributed by atoms with Gasteiger partial charge in [0.2, 0.25) is 0 Å². The highest BCUT2D eigenvalue weighted by atomic mass is 79.9. The molecule has 0 fully saturated rings. The Hall–Kier alpha value is -1.80. The van der Waals surface area contributed by atoms with Crippen LogP contribution in [0.5, 0.6) is 0 Å². The third-order valence-corrected chi connectivity index (χ3v) is 3.62. The number of benzene rings is 1. The summed E-state index contributed by atoms with van der Waals surface area (Å²) in [6.07, 6.45) is 1.02. The molecule has 0 saturated carbocycles. The van der Waals surface area contributed by atoms with Gasteiger partial charge in [-0.25, -0.2) is 13.6 Å². The van der Waals surface area contributed by atoms with E-state index >= 15 is 0 Å². The first-order valence-corrected chi connectivity index (χ1v) is 6.73. The normalized spacial score (nSPS) is 12.4. The average molecular weight is 361 g/mol. The molecule has 1 aromatic carbocycles. The van der Waals surface area contributed by atoms with Gasteiger partial charge in [0.15, 0.2) is 5.82 Å². The number of aliphatic hydroxyl groups is 1. The standard InChI is InChI=1S/C13H11BrF2N2O3/c1-5(4-19)18-12-6(13(20)21)3-17-8-2-7(15)10(14)11(16)9(8)12/h2-3,5,19H,4H2,1H3,(H,17,18)(H,20,21)/t5-/m0/s1. The number of aromatic nitrogens is 1. The Balaban J connectivity index is 2.83. The SMILES string of the molecule is C[C@@H](CO)Nc1c(C(=O)O)cnc2cc(F)c(Br)c(F)c12. The summed E-state index contributed by atoms with van der Waals surface area (Å²) in [6, 6.07) is 0.486. The van der Waals surface area contributed by atoms with E-state index in [2.05, 4.69) is 26.2 Å². The minimum Gasteiger partial charge on any atom is -0.478 e. The fourth-order valence-corrected chi connectivity index (χ4v) is 2.17. The summed E-state index contributed by atoms with van der Waals surface area (Å²) >= 11 is 2.78. The van der Waals surface area contributed by atoms with Crippen LogP contribution in [-0.2, 0) is 0 Å². The maximum absolute atomic E-state index is 14.3. The van der Waals surface area contributed by atoms with Crippen LogP contribution in [0.2, 0.25) is 0 Å². The number of hydrogen-bond acceptors (Lipinski definition) is 4. The number of nitrogens with one attached hydrogen (secondary N) is 1. The van der Waals surface area contributed by atoms with Crippen LogP contribution in [0.15, 0.2) is 16.7 Å². The summed E-state index contributed by atoms with van der Waals surface area (Å²) in [5, 5.41) is 20.8. The summed E-state index contributed by atoms with van der Waals surface area (Å²) in [5.41, 5.74) is -0.335. The number of rotatable bonds is 4. The topological polar surface area (TPSA) is 82.5 Å². The molecule has 2 rings (SSSR count). The summed E-state index contributed by atoms with van der Waals surface area (Å²) in [4.78, 5) is 15.0. The van der Waals surface area contributed by atoms with E-state index in [0.717, 1.165) is 12.3 Å². The highest BCUT2D eigenvalue weighted by Crippen LogP contribution is 2.34. The van der Waals surface area contributed by atoms with Gasteiger partial charge >= 0.3 is 5.97 Å². The molecular formula is C13H11BrF2N2O3. The number of fused-ring (bicyclic) bond motifs is 1. The second-order valence-electron chi connectivity index (χ2n) is 4.46. The average Bonchev–Trinajstić information content (AvgIpc) is 2.44. The predicted molar refractivity (Wildman–Crippen MR) is 76.5 cm³/mol. The summed E-state index contributed by atoms with van der Waals surface area (Å²) in [7, 11) is 0. The first-order chi connectivity index (χ1) is 9.86. The van der Waals surface area contributed by atoms with Gasteiger partial charge in [0.25, 0.3) is 0 Å². The number of carbonyl (C=O) groups is 1. The monoisotopic (exact) mass is 360 g/mol. The van der Waals surface area contributed by atoms with Crippen molar-refractivity contribution in [3.63, 3.8) is 0 Å². The highest BCUT2D eigenvalue weighted by molar-refractivity contribution is 9.10. The summed E-state index contributed by atoms with van der Waals surface area (Å²) < 4.78 is 27.4. The molecular weight excluding hydrogens is 350 g/mol. The molecule has 0 radical (unpaired) electrons. The van der Waals surface area contributed by atoms with Gasteiger partial charge in [-0.1, -0.05) is 0 Å². The van der Waals surface area contributed by atoms with Crippen molar-refractivity contribution in [2.75, 3.05) is 11.9 Å². The molecule has 1 heterocycles. The van der Waals surface area contributed by atoms with Crippen molar-refractivity contribution in [3.05, 3.63) is 33.9 Å². The molecule has 8 heteroatoms. The smallest absolute Gasteiger partial charge is 0.339 e. The Kier molecular flexibility index (Phi) is 4.38. The van der Waals surface area contributed by atoms with Crippen molar-refractivity contribution in [3.8, 4) is 0 Å². The molecule has 0 unspecified atom stereocenters. The second kappa shape index (κ2) is 5.90. The van der Waals surface area contributed by atoms with Gasteiger partial charge in [-0.05, 0) is 22.9 Å². The van der Waals surface area contributed by atoms with Crippen LogP contribution >= 0.6 is 15.9 Å². The number of nitrogens with zero attached hydrogens (tertiary/aromatic N) is 1. The van der Waals surface area contributed by atoms with E-state index in [4.69, 9.17) is 5.11 Å². The molecule has 0 aliphatic carbocycles. The Labute approximate surface area is 126 Å². The quantitative estimate of drug-likeness (QED) is 0.730. The zero-order valence-corrected chi connectivity index (χ0v) is 12.4. The lowest BCUT2D eigenvalue weighted by Gasteiger charge is -2.17. The van der Waals surface area contributed by atoms with Crippen LogP contribution < -0.4 is 5.32 Å². The Morgan fingerprint density at radius 1 is 1.52 bits per heavy atom. The third kappa shape index (κ3) is 2.81. The number of carboxylic acids is 1. The van der Waals surface area contributed by atoms with Crippen molar-refractivity contribution < 1.29 is 23.8 Å². The molecule has 0 saturated heterocycles. The lowest BCUT2D eigenvalue weighted by atomic mass is 10.1. The molecule has 0 bridgehead atoms. The Morgan fingerprint density at radius 2 is 2.19 bits per heavy atom. The number of pyridine rings is 1. The van der Waals surface area contributed by atoms with Gasteiger partial charge < -0.3 is 15.5 Å². The van der Waals surface area contributed by atoms with Crippen molar-refractivity contribution in [1.82, 2.24) is 4.98 Å². The van der Waals surface area contributed by atoms with Gasteiger partial charge in [-0.3, -0.25) is 4.98 Å². The van der Waals surface area contributed by atoms with Gasteiger partial charge in [-0.15, -0.1) is 0 Å². The maximum atomic E-state index is 14.3. The molecule has 0 amide bonds. The van der Waals surface area contributed by atoms with Gasteiger partial charge in [-0.2, -0.15) is 0 Å². The fourth-order valence-electron chi connectivity index (χ4n) is 1.86. The largest absolute Gasteiger partial charge is 0.478 e. The van der Waals surface area contributed by atoms with Crippen molar-refractivity contribution in [2.45, 2.75) is 13.0 Å². The molecule has 21 heavy (non-hydrogen) atoms. The van der Waals surface area contributed by atoms with E-state index in [1.807, 2.05) is 0 Å². The molecule has 1 aromatic heterocycles. The van der Waals surface area contributed by atoms with Crippen molar-refractivity contribution >= 4 is 38.5 Å². The predicted octanol–water partition coefficient (Wildman–Crippen LogP) is 2.77. The lowest BCUT2D eigenvalue weighted by Crippen LogP contribution is -2.21. The number of aromatic carboxylic acids is 1. The van der Waals surface area contributed by atoms with Crippen LogP contribution in [0.3, 0.4) is 0 Å². The van der Waals surface area contributed by atoms with Gasteiger partial charge in [0, 0.05) is 18.3 Å². The lowest BCUT2D eigenvalue weighted by molar-refractivity contribution is 0.0697. The third-order valence-electron chi connectivity index (χ3n) is 2.89. The van der Waals surface area contributed by atoms with Crippen LogP contribution in [0.4, 0.5) is 14.5 Å². The summed E-state index contributed by atoms with van der Waals surface area (Å²) in [6.45, 7) is 1.31. The molecule has 5 nitrogen and oxygen atoms in total. The number of aliphatic hydroxyl groups excluding tert-OH is 1. The van der Waals surface area contributed by atoms with E-state index in [9.17, 15) is 18.7 Å². The molecule has 112 valence electrons. The van der Waals surface area contributed by atoms with E-state index in [1.165, 1.54) is 0 Å². The van der Waals surface area contributed by atoms with E-state index in [-0.39, 0.29) is 28.8 Å². The first kappa shape index (κ1) is 15.6. The Bertz CT molecular complexity index is 724. The van der Waals surface area contributed by atoms with E-state index in [0.29, 0.717) is 0 Å². The second-order valence-corrected chi connectivity index (χ2v) is 5.25. The fraction of sp³-hybridized carbons (Fsp3) is 0.231. The first-order valence-electron chi connectivity index (χ1n) is 5.93. The highest BCUT2D eigenvalue weighted by Gasteiger charge is 2.22. The molecule has 0 aliphatic heterocycles. The minimum absolute atomic E-state index is 0.0224. The van der Waals surface area contributed by atoms with Crippen molar-refractivity contribution in [2.24, 2.45) is 0 Å².